The molecule has 24 heavy (non-hydrogen) atoms. The Kier molecular flexibility index (Phi) is 7.77. The fourth-order valence-electron chi connectivity index (χ4n) is 1.81. The molecule has 7 heteroatoms. The predicted octanol–water partition coefficient (Wildman–Crippen LogP) is 1.65. The van der Waals surface area contributed by atoms with Crippen LogP contribution in [0.25, 0.3) is 5.69 Å². The molecule has 0 unspecified atom stereocenters. The number of carbonyl (C=O) groups is 2. The topological polar surface area (TPSA) is 88.4 Å². The minimum absolute atomic E-state index is 0.00167. The number of carboxylic acids is 1. The van der Waals surface area contributed by atoms with Crippen LogP contribution < -0.4 is 10.9 Å². The summed E-state index contributed by atoms with van der Waals surface area (Å²) in [6.07, 6.45) is 1.84. The standard InChI is InChI=1S/C12H11NO.C5H9NO3S/c1-10-7-8-12(14)13(9-10)11-5-3-2-4-6-11;1-3(7)6-4(2-10)5(8)9/h2-9H,1H3;4,10H,2H2,1H3,(H,6,7)(H,8,9)/t;4-/m.0/s1. The fourth-order valence-corrected chi connectivity index (χ4v) is 2.06. The Balaban J connectivity index is 0.000000257. The van der Waals surface area contributed by atoms with Gasteiger partial charge in [-0.05, 0) is 24.6 Å². The van der Waals surface area contributed by atoms with Crippen molar-refractivity contribution in [2.24, 2.45) is 0 Å². The summed E-state index contributed by atoms with van der Waals surface area (Å²) < 4.78 is 1.65. The van der Waals surface area contributed by atoms with Crippen LogP contribution >= 0.6 is 12.6 Å². The van der Waals surface area contributed by atoms with E-state index in [0.717, 1.165) is 11.3 Å². The summed E-state index contributed by atoms with van der Waals surface area (Å²) in [6, 6.07) is 12.1. The number of amides is 1. The maximum absolute atomic E-state index is 11.5. The lowest BCUT2D eigenvalue weighted by Gasteiger charge is -2.08. The van der Waals surface area contributed by atoms with E-state index in [1.54, 1.807) is 10.6 Å². The Bertz CT molecular complexity index is 744. The van der Waals surface area contributed by atoms with Crippen molar-refractivity contribution in [2.45, 2.75) is 19.9 Å². The summed E-state index contributed by atoms with van der Waals surface area (Å²) in [4.78, 5) is 32.0. The van der Waals surface area contributed by atoms with Crippen LogP contribution in [-0.2, 0) is 9.59 Å². The van der Waals surface area contributed by atoms with Gasteiger partial charge in [0.15, 0.2) is 0 Å². The molecule has 0 saturated carbocycles. The molecule has 0 bridgehead atoms. The molecular weight excluding hydrogens is 328 g/mol. The lowest BCUT2D eigenvalue weighted by Crippen LogP contribution is -2.40. The van der Waals surface area contributed by atoms with Crippen molar-refractivity contribution in [3.05, 3.63) is 64.6 Å². The first-order chi connectivity index (χ1) is 11.3. The van der Waals surface area contributed by atoms with Gasteiger partial charge < -0.3 is 10.4 Å². The van der Waals surface area contributed by atoms with Crippen molar-refractivity contribution in [1.82, 2.24) is 9.88 Å². The fraction of sp³-hybridized carbons (Fsp3) is 0.235. The minimum atomic E-state index is -1.06. The highest BCUT2D eigenvalue weighted by molar-refractivity contribution is 7.80. The lowest BCUT2D eigenvalue weighted by molar-refractivity contribution is -0.140. The molecule has 0 aliphatic rings. The predicted molar refractivity (Wildman–Crippen MR) is 95.9 cm³/mol. The first-order valence-corrected chi connectivity index (χ1v) is 7.84. The highest BCUT2D eigenvalue weighted by Gasteiger charge is 2.15. The minimum Gasteiger partial charge on any atom is -0.480 e. The molecular formula is C17H20N2O4S. The van der Waals surface area contributed by atoms with E-state index in [9.17, 15) is 14.4 Å². The molecule has 2 aromatic rings. The van der Waals surface area contributed by atoms with Crippen LogP contribution in [0.3, 0.4) is 0 Å². The average Bonchev–Trinajstić information content (AvgIpc) is 2.56. The molecule has 0 fully saturated rings. The third-order valence-corrected chi connectivity index (χ3v) is 3.32. The van der Waals surface area contributed by atoms with Gasteiger partial charge in [-0.3, -0.25) is 14.2 Å². The third kappa shape index (κ3) is 6.29. The molecule has 0 saturated heterocycles. The van der Waals surface area contributed by atoms with Crippen LogP contribution in [0.2, 0.25) is 0 Å². The molecule has 2 rings (SSSR count). The number of thiol groups is 1. The van der Waals surface area contributed by atoms with Crippen molar-refractivity contribution >= 4 is 24.5 Å². The van der Waals surface area contributed by atoms with Crippen LogP contribution in [0.5, 0.6) is 0 Å². The van der Waals surface area contributed by atoms with Crippen LogP contribution in [0.15, 0.2) is 53.5 Å². The van der Waals surface area contributed by atoms with Crippen LogP contribution in [-0.4, -0.2) is 33.3 Å². The largest absolute Gasteiger partial charge is 0.480 e. The highest BCUT2D eigenvalue weighted by atomic mass is 32.1. The van der Waals surface area contributed by atoms with E-state index in [1.807, 2.05) is 49.5 Å². The number of aromatic nitrogens is 1. The summed E-state index contributed by atoms with van der Waals surface area (Å²) >= 11 is 3.73. The highest BCUT2D eigenvalue weighted by Crippen LogP contribution is 2.04. The Morgan fingerprint density at radius 1 is 1.21 bits per heavy atom. The van der Waals surface area contributed by atoms with E-state index in [0.29, 0.717) is 0 Å². The summed E-state index contributed by atoms with van der Waals surface area (Å²) in [6.45, 7) is 3.23. The van der Waals surface area contributed by atoms with Crippen LogP contribution in [0.4, 0.5) is 0 Å². The molecule has 0 aliphatic carbocycles. The number of carboxylic acid groups (broad SMARTS) is 1. The van der Waals surface area contributed by atoms with E-state index >= 15 is 0 Å². The zero-order valence-corrected chi connectivity index (χ0v) is 14.4. The van der Waals surface area contributed by atoms with Crippen LogP contribution in [0, 0.1) is 6.92 Å². The van der Waals surface area contributed by atoms with E-state index in [2.05, 4.69) is 17.9 Å². The van der Waals surface area contributed by atoms with Gasteiger partial charge in [-0.25, -0.2) is 4.79 Å². The molecule has 0 aliphatic heterocycles. The smallest absolute Gasteiger partial charge is 0.327 e. The van der Waals surface area contributed by atoms with Crippen molar-refractivity contribution in [3.63, 3.8) is 0 Å². The summed E-state index contributed by atoms with van der Waals surface area (Å²) in [5.41, 5.74) is 1.98. The van der Waals surface area contributed by atoms with Gasteiger partial charge in [-0.15, -0.1) is 0 Å². The molecule has 128 valence electrons. The van der Waals surface area contributed by atoms with Gasteiger partial charge in [0.1, 0.15) is 6.04 Å². The number of nitrogens with one attached hydrogen (secondary N) is 1. The number of carbonyl (C=O) groups excluding carboxylic acids is 1. The molecule has 1 aromatic heterocycles. The molecule has 6 nitrogen and oxygen atoms in total. The lowest BCUT2D eigenvalue weighted by atomic mass is 10.3. The van der Waals surface area contributed by atoms with Gasteiger partial charge in [0, 0.05) is 30.6 Å². The Morgan fingerprint density at radius 3 is 2.29 bits per heavy atom. The van der Waals surface area contributed by atoms with Gasteiger partial charge in [-0.2, -0.15) is 12.6 Å². The number of benzene rings is 1. The first-order valence-electron chi connectivity index (χ1n) is 7.20. The molecule has 0 radical (unpaired) electrons. The quantitative estimate of drug-likeness (QED) is 0.733. The molecule has 0 spiro atoms. The maximum Gasteiger partial charge on any atom is 0.327 e. The number of aliphatic carboxylic acids is 1. The number of para-hydroxylation sites is 1. The Hall–Kier alpha value is -2.54. The molecule has 1 heterocycles. The number of pyridine rings is 1. The van der Waals surface area contributed by atoms with E-state index in [4.69, 9.17) is 5.11 Å². The number of rotatable bonds is 4. The van der Waals surface area contributed by atoms with Gasteiger partial charge in [0.2, 0.25) is 5.91 Å². The summed E-state index contributed by atoms with van der Waals surface area (Å²) in [5, 5.41) is 10.6. The second-order valence-corrected chi connectivity index (χ2v) is 5.39. The summed E-state index contributed by atoms with van der Waals surface area (Å²) in [5.74, 6) is -1.32. The normalized spacial score (nSPS) is 11.0. The van der Waals surface area contributed by atoms with E-state index < -0.39 is 12.0 Å². The second kappa shape index (κ2) is 9.57. The maximum atomic E-state index is 11.5. The van der Waals surface area contributed by atoms with E-state index in [1.165, 1.54) is 6.92 Å². The SMILES string of the molecule is CC(=O)N[C@@H](CS)C(=O)O.Cc1ccc(=O)n(-c2ccccc2)c1. The molecule has 1 aromatic carbocycles. The number of hydrogen-bond donors (Lipinski definition) is 3. The molecule has 1 amide bonds. The van der Waals surface area contributed by atoms with Crippen LogP contribution in [0.1, 0.15) is 12.5 Å². The van der Waals surface area contributed by atoms with Gasteiger partial charge in [0.05, 0.1) is 0 Å². The zero-order chi connectivity index (χ0) is 18.1. The first kappa shape index (κ1) is 19.5. The average molecular weight is 348 g/mol. The van der Waals surface area contributed by atoms with Gasteiger partial charge >= 0.3 is 5.97 Å². The van der Waals surface area contributed by atoms with Crippen molar-refractivity contribution < 1.29 is 14.7 Å². The molecule has 2 N–H and O–H groups in total. The van der Waals surface area contributed by atoms with Gasteiger partial charge in [-0.1, -0.05) is 24.3 Å². The monoisotopic (exact) mass is 348 g/mol. The second-order valence-electron chi connectivity index (χ2n) is 5.02. The summed E-state index contributed by atoms with van der Waals surface area (Å²) in [7, 11) is 0. The zero-order valence-electron chi connectivity index (χ0n) is 13.5. The van der Waals surface area contributed by atoms with Crippen molar-refractivity contribution in [3.8, 4) is 5.69 Å². The van der Waals surface area contributed by atoms with E-state index in [-0.39, 0.29) is 17.2 Å². The Morgan fingerprint density at radius 2 is 1.83 bits per heavy atom. The molecule has 1 atom stereocenters. The van der Waals surface area contributed by atoms with Gasteiger partial charge in [0.25, 0.3) is 5.56 Å². The number of hydrogen-bond acceptors (Lipinski definition) is 4. The van der Waals surface area contributed by atoms with Crippen molar-refractivity contribution in [2.75, 3.05) is 5.75 Å². The Labute approximate surface area is 145 Å². The number of nitrogens with zero attached hydrogens (tertiary/aromatic N) is 1. The third-order valence-electron chi connectivity index (χ3n) is 2.95. The van der Waals surface area contributed by atoms with Crippen molar-refractivity contribution in [1.29, 1.82) is 0 Å². The number of aryl methyl sites for hydroxylation is 1.